The van der Waals surface area contributed by atoms with Crippen LogP contribution in [0.5, 0.6) is 0 Å². The summed E-state index contributed by atoms with van der Waals surface area (Å²) in [5.41, 5.74) is 3.61. The molecule has 0 spiro atoms. The SMILES string of the molecule is Cc1cccc(C(C)(C)CNC(=O)C2CN(Cc3ccccc3)CCO2)c1. The van der Waals surface area contributed by atoms with Crippen molar-refractivity contribution in [1.29, 1.82) is 0 Å². The highest BCUT2D eigenvalue weighted by Crippen LogP contribution is 2.23. The van der Waals surface area contributed by atoms with Crippen LogP contribution in [0.15, 0.2) is 54.6 Å². The van der Waals surface area contributed by atoms with Gasteiger partial charge in [-0.1, -0.05) is 74.0 Å². The summed E-state index contributed by atoms with van der Waals surface area (Å²) in [5.74, 6) is -0.0199. The summed E-state index contributed by atoms with van der Waals surface area (Å²) >= 11 is 0. The topological polar surface area (TPSA) is 41.6 Å². The molecule has 1 unspecified atom stereocenters. The Balaban J connectivity index is 1.54. The second kappa shape index (κ2) is 8.68. The van der Waals surface area contributed by atoms with E-state index in [9.17, 15) is 4.79 Å². The van der Waals surface area contributed by atoms with Crippen molar-refractivity contribution in [2.45, 2.75) is 38.8 Å². The number of benzene rings is 2. The number of hydrogen-bond acceptors (Lipinski definition) is 3. The maximum Gasteiger partial charge on any atom is 0.250 e. The summed E-state index contributed by atoms with van der Waals surface area (Å²) in [6.07, 6.45) is -0.407. The molecule has 0 radical (unpaired) electrons. The third-order valence-electron chi connectivity index (χ3n) is 5.20. The molecular formula is C23H30N2O2. The van der Waals surface area contributed by atoms with Crippen LogP contribution in [0.2, 0.25) is 0 Å². The van der Waals surface area contributed by atoms with E-state index in [2.05, 4.69) is 67.4 Å². The van der Waals surface area contributed by atoms with Crippen LogP contribution in [0.1, 0.15) is 30.5 Å². The highest BCUT2D eigenvalue weighted by atomic mass is 16.5. The molecule has 1 saturated heterocycles. The van der Waals surface area contributed by atoms with Gasteiger partial charge < -0.3 is 10.1 Å². The van der Waals surface area contributed by atoms with Gasteiger partial charge >= 0.3 is 0 Å². The predicted molar refractivity (Wildman–Crippen MR) is 109 cm³/mol. The molecule has 1 fully saturated rings. The van der Waals surface area contributed by atoms with Crippen LogP contribution in [0.4, 0.5) is 0 Å². The highest BCUT2D eigenvalue weighted by molar-refractivity contribution is 5.81. The molecule has 4 nitrogen and oxygen atoms in total. The molecule has 1 aliphatic heterocycles. The largest absolute Gasteiger partial charge is 0.366 e. The molecule has 4 heteroatoms. The van der Waals surface area contributed by atoms with Crippen molar-refractivity contribution in [1.82, 2.24) is 10.2 Å². The molecule has 1 atom stereocenters. The Morgan fingerprint density at radius 1 is 1.19 bits per heavy atom. The molecule has 0 saturated carbocycles. The van der Waals surface area contributed by atoms with Gasteiger partial charge in [0.15, 0.2) is 0 Å². The van der Waals surface area contributed by atoms with Crippen molar-refractivity contribution in [2.24, 2.45) is 0 Å². The van der Waals surface area contributed by atoms with E-state index < -0.39 is 6.10 Å². The lowest BCUT2D eigenvalue weighted by molar-refractivity contribution is -0.139. The van der Waals surface area contributed by atoms with Crippen LogP contribution in [-0.2, 0) is 21.5 Å². The standard InChI is InChI=1S/C23H30N2O2/c1-18-8-7-11-20(14-18)23(2,3)17-24-22(26)21-16-25(12-13-27-21)15-19-9-5-4-6-10-19/h4-11,14,21H,12-13,15-17H2,1-3H3,(H,24,26). The van der Waals surface area contributed by atoms with Crippen molar-refractivity contribution >= 4 is 5.91 Å². The maximum atomic E-state index is 12.7. The first kappa shape index (κ1) is 19.6. The van der Waals surface area contributed by atoms with Gasteiger partial charge in [0.25, 0.3) is 5.91 Å². The quantitative estimate of drug-likeness (QED) is 0.853. The Labute approximate surface area is 162 Å². The fraction of sp³-hybridized carbons (Fsp3) is 0.435. The number of amides is 1. The number of aryl methyl sites for hydroxylation is 1. The average Bonchev–Trinajstić information content (AvgIpc) is 2.67. The first-order valence-electron chi connectivity index (χ1n) is 9.67. The number of morpholine rings is 1. The monoisotopic (exact) mass is 366 g/mol. The number of hydrogen-bond donors (Lipinski definition) is 1. The Bertz CT molecular complexity index is 758. The molecule has 27 heavy (non-hydrogen) atoms. The van der Waals surface area contributed by atoms with E-state index in [0.717, 1.165) is 13.1 Å². The van der Waals surface area contributed by atoms with E-state index >= 15 is 0 Å². The summed E-state index contributed by atoms with van der Waals surface area (Å²) in [5, 5.41) is 3.10. The van der Waals surface area contributed by atoms with Crippen molar-refractivity contribution in [3.05, 3.63) is 71.3 Å². The molecule has 1 amide bonds. The van der Waals surface area contributed by atoms with Gasteiger partial charge in [0, 0.05) is 31.6 Å². The molecule has 0 aromatic heterocycles. The first-order chi connectivity index (χ1) is 12.9. The molecule has 1 heterocycles. The lowest BCUT2D eigenvalue weighted by atomic mass is 9.84. The number of rotatable bonds is 6. The Morgan fingerprint density at radius 2 is 1.96 bits per heavy atom. The highest BCUT2D eigenvalue weighted by Gasteiger charge is 2.28. The minimum Gasteiger partial charge on any atom is -0.366 e. The fourth-order valence-electron chi connectivity index (χ4n) is 3.44. The summed E-state index contributed by atoms with van der Waals surface area (Å²) in [7, 11) is 0. The Hall–Kier alpha value is -2.17. The summed E-state index contributed by atoms with van der Waals surface area (Å²) < 4.78 is 5.74. The number of nitrogens with one attached hydrogen (secondary N) is 1. The van der Waals surface area contributed by atoms with Crippen LogP contribution in [0, 0.1) is 6.92 Å². The average molecular weight is 367 g/mol. The van der Waals surface area contributed by atoms with E-state index in [1.165, 1.54) is 16.7 Å². The van der Waals surface area contributed by atoms with E-state index in [1.54, 1.807) is 0 Å². The molecule has 0 bridgehead atoms. The molecule has 1 aliphatic rings. The van der Waals surface area contributed by atoms with Gasteiger partial charge in [-0.2, -0.15) is 0 Å². The Morgan fingerprint density at radius 3 is 2.70 bits per heavy atom. The van der Waals surface area contributed by atoms with E-state index in [0.29, 0.717) is 19.7 Å². The van der Waals surface area contributed by atoms with Crippen LogP contribution < -0.4 is 5.32 Å². The zero-order valence-corrected chi connectivity index (χ0v) is 16.6. The second-order valence-corrected chi connectivity index (χ2v) is 8.05. The van der Waals surface area contributed by atoms with Gasteiger partial charge in [0.05, 0.1) is 6.61 Å². The molecule has 0 aliphatic carbocycles. The van der Waals surface area contributed by atoms with Gasteiger partial charge in [-0.05, 0) is 18.1 Å². The minimum absolute atomic E-state index is 0.0199. The van der Waals surface area contributed by atoms with Crippen LogP contribution in [-0.4, -0.2) is 43.2 Å². The van der Waals surface area contributed by atoms with Crippen molar-refractivity contribution < 1.29 is 9.53 Å². The third kappa shape index (κ3) is 5.41. The molecule has 2 aromatic carbocycles. The number of nitrogens with zero attached hydrogens (tertiary/aromatic N) is 1. The van der Waals surface area contributed by atoms with Crippen LogP contribution in [0.3, 0.4) is 0 Å². The minimum atomic E-state index is -0.407. The predicted octanol–water partition coefficient (Wildman–Crippen LogP) is 3.29. The molecule has 1 N–H and O–H groups in total. The van der Waals surface area contributed by atoms with Gasteiger partial charge in [0.1, 0.15) is 6.10 Å². The first-order valence-corrected chi connectivity index (χ1v) is 9.67. The van der Waals surface area contributed by atoms with Crippen molar-refractivity contribution in [2.75, 3.05) is 26.2 Å². The van der Waals surface area contributed by atoms with Gasteiger partial charge in [-0.15, -0.1) is 0 Å². The normalized spacial score (nSPS) is 18.3. The second-order valence-electron chi connectivity index (χ2n) is 8.05. The number of carbonyl (C=O) groups is 1. The molecule has 2 aromatic rings. The fourth-order valence-corrected chi connectivity index (χ4v) is 3.44. The molecular weight excluding hydrogens is 336 g/mol. The van der Waals surface area contributed by atoms with E-state index in [4.69, 9.17) is 4.74 Å². The smallest absolute Gasteiger partial charge is 0.250 e. The van der Waals surface area contributed by atoms with E-state index in [-0.39, 0.29) is 11.3 Å². The molecule has 3 rings (SSSR count). The lowest BCUT2D eigenvalue weighted by Gasteiger charge is -2.33. The van der Waals surface area contributed by atoms with E-state index in [1.807, 2.05) is 18.2 Å². The summed E-state index contributed by atoms with van der Waals surface area (Å²) in [6, 6.07) is 18.8. The summed E-state index contributed by atoms with van der Waals surface area (Å²) in [4.78, 5) is 15.0. The third-order valence-corrected chi connectivity index (χ3v) is 5.20. The van der Waals surface area contributed by atoms with Crippen LogP contribution in [0.25, 0.3) is 0 Å². The number of carbonyl (C=O) groups excluding carboxylic acids is 1. The van der Waals surface area contributed by atoms with Crippen molar-refractivity contribution in [3.8, 4) is 0 Å². The lowest BCUT2D eigenvalue weighted by Crippen LogP contribution is -2.51. The number of ether oxygens (including phenoxy) is 1. The Kier molecular flexibility index (Phi) is 6.30. The zero-order valence-electron chi connectivity index (χ0n) is 16.6. The van der Waals surface area contributed by atoms with Gasteiger partial charge in [-0.25, -0.2) is 0 Å². The molecule has 144 valence electrons. The van der Waals surface area contributed by atoms with Crippen LogP contribution >= 0.6 is 0 Å². The summed E-state index contributed by atoms with van der Waals surface area (Å²) in [6.45, 7) is 9.92. The van der Waals surface area contributed by atoms with Crippen molar-refractivity contribution in [3.63, 3.8) is 0 Å². The maximum absolute atomic E-state index is 12.7. The van der Waals surface area contributed by atoms with Gasteiger partial charge in [0.2, 0.25) is 0 Å². The van der Waals surface area contributed by atoms with Gasteiger partial charge in [-0.3, -0.25) is 9.69 Å². The zero-order chi connectivity index (χ0) is 19.3.